The van der Waals surface area contributed by atoms with Crippen LogP contribution in [0.1, 0.15) is 11.1 Å². The topological polar surface area (TPSA) is 89.2 Å². The fourth-order valence-electron chi connectivity index (χ4n) is 2.88. The molecule has 29 heavy (non-hydrogen) atoms. The van der Waals surface area contributed by atoms with Gasteiger partial charge in [0.1, 0.15) is 35.8 Å². The summed E-state index contributed by atoms with van der Waals surface area (Å²) in [5.74, 6) is 0.932. The molecule has 3 aromatic rings. The number of benzene rings is 2. The van der Waals surface area contributed by atoms with E-state index in [1.807, 2.05) is 0 Å². The third-order valence-corrected chi connectivity index (χ3v) is 4.59. The normalized spacial score (nSPS) is 12.0. The van der Waals surface area contributed by atoms with Gasteiger partial charge in [0.2, 0.25) is 5.88 Å². The van der Waals surface area contributed by atoms with Crippen molar-refractivity contribution in [1.29, 1.82) is 5.26 Å². The van der Waals surface area contributed by atoms with Crippen molar-refractivity contribution in [3.63, 3.8) is 0 Å². The molecule has 1 N–H and O–H groups in total. The van der Waals surface area contributed by atoms with Gasteiger partial charge in [0.25, 0.3) is 0 Å². The molecule has 0 saturated carbocycles. The van der Waals surface area contributed by atoms with Crippen molar-refractivity contribution >= 4 is 17.4 Å². The number of rotatable bonds is 5. The second kappa shape index (κ2) is 7.81. The highest BCUT2D eigenvalue weighted by Crippen LogP contribution is 2.29. The maximum absolute atomic E-state index is 13.3. The Morgan fingerprint density at radius 3 is 2.93 bits per heavy atom. The van der Waals surface area contributed by atoms with Gasteiger partial charge in [-0.25, -0.2) is 9.18 Å². The fourth-order valence-corrected chi connectivity index (χ4v) is 3.06. The molecule has 0 aliphatic carbocycles. The van der Waals surface area contributed by atoms with E-state index in [2.05, 4.69) is 16.4 Å². The van der Waals surface area contributed by atoms with Gasteiger partial charge in [-0.1, -0.05) is 17.7 Å². The van der Waals surface area contributed by atoms with E-state index < -0.39 is 5.82 Å². The van der Waals surface area contributed by atoms with Crippen LogP contribution < -0.4 is 20.5 Å². The van der Waals surface area contributed by atoms with E-state index in [1.165, 1.54) is 22.8 Å². The highest BCUT2D eigenvalue weighted by atomic mass is 35.5. The molecular formula is C20H14ClFN4O3. The SMILES string of the molecule is N#Cc1cc(COc2cc3n(c(=O)n2)CCN3)ccc1Oc1ccc(F)c(Cl)c1. The molecule has 1 aliphatic rings. The molecule has 0 spiro atoms. The van der Waals surface area contributed by atoms with Gasteiger partial charge in [0, 0.05) is 25.2 Å². The lowest BCUT2D eigenvalue weighted by Gasteiger charge is -2.11. The molecule has 9 heteroatoms. The Morgan fingerprint density at radius 2 is 2.14 bits per heavy atom. The van der Waals surface area contributed by atoms with E-state index in [9.17, 15) is 14.4 Å². The smallest absolute Gasteiger partial charge is 0.352 e. The first kappa shape index (κ1) is 18.8. The molecule has 0 atom stereocenters. The number of hydrogen-bond acceptors (Lipinski definition) is 6. The van der Waals surface area contributed by atoms with Crippen molar-refractivity contribution in [2.75, 3.05) is 11.9 Å². The number of nitrogens with zero attached hydrogens (tertiary/aromatic N) is 3. The number of ether oxygens (including phenoxy) is 2. The van der Waals surface area contributed by atoms with Crippen LogP contribution in [0.2, 0.25) is 5.02 Å². The number of nitrogens with one attached hydrogen (secondary N) is 1. The first-order chi connectivity index (χ1) is 14.0. The molecule has 2 heterocycles. The average molecular weight is 413 g/mol. The van der Waals surface area contributed by atoms with Gasteiger partial charge in [0.15, 0.2) is 0 Å². The lowest BCUT2D eigenvalue weighted by molar-refractivity contribution is 0.291. The number of anilines is 1. The molecule has 0 radical (unpaired) electrons. The summed E-state index contributed by atoms with van der Waals surface area (Å²) in [6.45, 7) is 1.37. The van der Waals surface area contributed by atoms with E-state index in [0.29, 0.717) is 36.0 Å². The minimum absolute atomic E-state index is 0.0710. The monoisotopic (exact) mass is 412 g/mol. The van der Waals surface area contributed by atoms with E-state index in [1.54, 1.807) is 24.3 Å². The number of aromatic nitrogens is 2. The Bertz CT molecular complexity index is 1190. The maximum atomic E-state index is 13.3. The second-order valence-electron chi connectivity index (χ2n) is 6.25. The van der Waals surface area contributed by atoms with Crippen molar-refractivity contribution < 1.29 is 13.9 Å². The fraction of sp³-hybridized carbons (Fsp3) is 0.150. The van der Waals surface area contributed by atoms with Gasteiger partial charge in [-0.2, -0.15) is 10.2 Å². The van der Waals surface area contributed by atoms with Crippen LogP contribution in [-0.4, -0.2) is 16.1 Å². The second-order valence-corrected chi connectivity index (χ2v) is 6.66. The molecule has 0 unspecified atom stereocenters. The van der Waals surface area contributed by atoms with Crippen LogP contribution in [0.15, 0.2) is 47.3 Å². The molecule has 0 amide bonds. The molecule has 4 rings (SSSR count). The lowest BCUT2D eigenvalue weighted by Crippen LogP contribution is -2.21. The molecule has 0 fully saturated rings. The molecule has 0 bridgehead atoms. The van der Waals surface area contributed by atoms with Gasteiger partial charge in [0.05, 0.1) is 10.6 Å². The van der Waals surface area contributed by atoms with Crippen LogP contribution in [0.25, 0.3) is 0 Å². The van der Waals surface area contributed by atoms with Crippen LogP contribution in [-0.2, 0) is 13.2 Å². The third-order valence-electron chi connectivity index (χ3n) is 4.30. The Morgan fingerprint density at radius 1 is 1.28 bits per heavy atom. The molecule has 1 aliphatic heterocycles. The summed E-state index contributed by atoms with van der Waals surface area (Å²) in [5.41, 5.74) is 0.596. The number of hydrogen-bond donors (Lipinski definition) is 1. The summed E-state index contributed by atoms with van der Waals surface area (Å²) in [5, 5.41) is 12.4. The number of nitriles is 1. The minimum Gasteiger partial charge on any atom is -0.473 e. The van der Waals surface area contributed by atoms with E-state index in [-0.39, 0.29) is 28.8 Å². The summed E-state index contributed by atoms with van der Waals surface area (Å²) in [6.07, 6.45) is 0. The van der Waals surface area contributed by atoms with Crippen LogP contribution in [0, 0.1) is 17.1 Å². The predicted octanol–water partition coefficient (Wildman–Crippen LogP) is 3.70. The Hall–Kier alpha value is -3.57. The van der Waals surface area contributed by atoms with Gasteiger partial charge < -0.3 is 14.8 Å². The molecule has 146 valence electrons. The summed E-state index contributed by atoms with van der Waals surface area (Å²) in [6, 6.07) is 12.6. The zero-order valence-electron chi connectivity index (χ0n) is 15.0. The maximum Gasteiger partial charge on any atom is 0.352 e. The van der Waals surface area contributed by atoms with Gasteiger partial charge >= 0.3 is 5.69 Å². The van der Waals surface area contributed by atoms with Gasteiger partial charge in [-0.3, -0.25) is 4.57 Å². The van der Waals surface area contributed by atoms with Crippen molar-refractivity contribution in [2.45, 2.75) is 13.2 Å². The summed E-state index contributed by atoms with van der Waals surface area (Å²) in [7, 11) is 0. The van der Waals surface area contributed by atoms with Crippen molar-refractivity contribution in [2.24, 2.45) is 0 Å². The van der Waals surface area contributed by atoms with E-state index >= 15 is 0 Å². The highest BCUT2D eigenvalue weighted by Gasteiger charge is 2.14. The number of fused-ring (bicyclic) bond motifs is 1. The lowest BCUT2D eigenvalue weighted by atomic mass is 10.1. The minimum atomic E-state index is -0.554. The van der Waals surface area contributed by atoms with Crippen LogP contribution >= 0.6 is 11.6 Å². The van der Waals surface area contributed by atoms with Crippen LogP contribution in [0.4, 0.5) is 10.2 Å². The molecule has 0 saturated heterocycles. The quantitative estimate of drug-likeness (QED) is 0.687. The van der Waals surface area contributed by atoms with Crippen LogP contribution in [0.3, 0.4) is 0 Å². The zero-order chi connectivity index (χ0) is 20.4. The first-order valence-electron chi connectivity index (χ1n) is 8.68. The molecular weight excluding hydrogens is 399 g/mol. The molecule has 2 aromatic carbocycles. The Labute approximate surface area is 169 Å². The van der Waals surface area contributed by atoms with Crippen molar-refractivity contribution in [3.8, 4) is 23.4 Å². The third kappa shape index (κ3) is 4.00. The Kier molecular flexibility index (Phi) is 5.06. The van der Waals surface area contributed by atoms with Crippen LogP contribution in [0.5, 0.6) is 17.4 Å². The predicted molar refractivity (Wildman–Crippen MR) is 104 cm³/mol. The van der Waals surface area contributed by atoms with E-state index in [4.69, 9.17) is 21.1 Å². The first-order valence-corrected chi connectivity index (χ1v) is 9.06. The van der Waals surface area contributed by atoms with Crippen molar-refractivity contribution in [1.82, 2.24) is 9.55 Å². The average Bonchev–Trinajstić information content (AvgIpc) is 3.19. The summed E-state index contributed by atoms with van der Waals surface area (Å²) in [4.78, 5) is 15.8. The van der Waals surface area contributed by atoms with Gasteiger partial charge in [-0.05, 0) is 29.8 Å². The summed E-state index contributed by atoms with van der Waals surface area (Å²) < 4.78 is 26.1. The summed E-state index contributed by atoms with van der Waals surface area (Å²) >= 11 is 5.75. The zero-order valence-corrected chi connectivity index (χ0v) is 15.7. The standard InChI is InChI=1S/C20H14ClFN4O3/c21-15-8-14(2-3-16(15)22)29-17-4-1-12(7-13(17)10-23)11-28-19-9-18-24-5-6-26(18)20(27)25-19/h1-4,7-9,24H,5-6,11H2. The molecule has 1 aromatic heterocycles. The van der Waals surface area contributed by atoms with E-state index in [0.717, 1.165) is 0 Å². The largest absolute Gasteiger partial charge is 0.473 e. The molecule has 7 nitrogen and oxygen atoms in total. The van der Waals surface area contributed by atoms with Gasteiger partial charge in [-0.15, -0.1) is 0 Å². The number of halogens is 2. The Balaban J connectivity index is 1.49. The highest BCUT2D eigenvalue weighted by molar-refractivity contribution is 6.30. The van der Waals surface area contributed by atoms with Crippen molar-refractivity contribution in [3.05, 3.63) is 74.9 Å².